The summed E-state index contributed by atoms with van der Waals surface area (Å²) in [5, 5.41) is 0. The Morgan fingerprint density at radius 2 is 1.48 bits per heavy atom. The molecular weight excluding hydrogens is 280 g/mol. The van der Waals surface area contributed by atoms with Crippen LogP contribution in [0.3, 0.4) is 0 Å². The molecule has 0 bridgehead atoms. The van der Waals surface area contributed by atoms with E-state index in [1.54, 1.807) is 12.7 Å². The summed E-state index contributed by atoms with van der Waals surface area (Å²) < 4.78 is 5.20. The molecule has 2 aliphatic rings. The van der Waals surface area contributed by atoms with Crippen LogP contribution in [0.5, 0.6) is 0 Å². The van der Waals surface area contributed by atoms with Crippen LogP contribution in [0.15, 0.2) is 36.9 Å². The average Bonchev–Trinajstić information content (AvgIpc) is 2.63. The molecule has 0 radical (unpaired) electrons. The lowest BCUT2D eigenvalue weighted by Crippen LogP contribution is -2.25. The molecular formula is C22H32O. The quantitative estimate of drug-likeness (QED) is 0.597. The molecule has 0 amide bonds. The lowest BCUT2D eigenvalue weighted by molar-refractivity contribution is 0.171. The molecule has 1 nitrogen and oxygen atoms in total. The molecule has 2 fully saturated rings. The number of allylic oxidation sites excluding steroid dienone is 1. The normalized spacial score (nSPS) is 31.7. The van der Waals surface area contributed by atoms with Crippen LogP contribution in [0.2, 0.25) is 0 Å². The molecule has 1 aromatic rings. The van der Waals surface area contributed by atoms with E-state index in [0.29, 0.717) is 0 Å². The fourth-order valence-corrected chi connectivity index (χ4v) is 4.83. The summed E-state index contributed by atoms with van der Waals surface area (Å²) in [5.41, 5.74) is 2.82. The highest BCUT2D eigenvalue weighted by molar-refractivity contribution is 5.25. The van der Waals surface area contributed by atoms with Gasteiger partial charge in [-0.1, -0.05) is 30.3 Å². The molecule has 0 aromatic heterocycles. The van der Waals surface area contributed by atoms with Crippen molar-refractivity contribution in [3.05, 3.63) is 48.0 Å². The zero-order valence-corrected chi connectivity index (χ0v) is 14.7. The number of hydrogen-bond acceptors (Lipinski definition) is 1. The maximum Gasteiger partial charge on any atom is 0.0713 e. The summed E-state index contributed by atoms with van der Waals surface area (Å²) in [7, 11) is 1.76. The van der Waals surface area contributed by atoms with Crippen molar-refractivity contribution in [2.75, 3.05) is 7.11 Å². The summed E-state index contributed by atoms with van der Waals surface area (Å²) >= 11 is 0. The van der Waals surface area contributed by atoms with Crippen LogP contribution < -0.4 is 0 Å². The Morgan fingerprint density at radius 3 is 2.00 bits per heavy atom. The van der Waals surface area contributed by atoms with Gasteiger partial charge in [-0.05, 0) is 86.2 Å². The first-order valence-corrected chi connectivity index (χ1v) is 9.50. The van der Waals surface area contributed by atoms with E-state index in [0.717, 1.165) is 30.3 Å². The van der Waals surface area contributed by atoms with Crippen LogP contribution in [0.4, 0.5) is 0 Å². The van der Waals surface area contributed by atoms with Crippen molar-refractivity contribution in [1.82, 2.24) is 0 Å². The highest BCUT2D eigenvalue weighted by Crippen LogP contribution is 2.43. The lowest BCUT2D eigenvalue weighted by atomic mass is 9.68. The van der Waals surface area contributed by atoms with Gasteiger partial charge in [0.15, 0.2) is 0 Å². The van der Waals surface area contributed by atoms with Gasteiger partial charge in [0.05, 0.1) is 6.61 Å². The average molecular weight is 312 g/mol. The molecule has 1 aromatic carbocycles. The van der Waals surface area contributed by atoms with E-state index in [1.807, 2.05) is 0 Å². The largest absolute Gasteiger partial charge is 0.380 e. The first kappa shape index (κ1) is 16.8. The van der Waals surface area contributed by atoms with Gasteiger partial charge < -0.3 is 4.74 Å². The van der Waals surface area contributed by atoms with Crippen molar-refractivity contribution in [3.63, 3.8) is 0 Å². The van der Waals surface area contributed by atoms with E-state index in [-0.39, 0.29) is 0 Å². The SMILES string of the molecule is C=C[C@H]1CC[C@H](C2CCC(c3ccc(COC)cc3)CC2)CC1. The van der Waals surface area contributed by atoms with Gasteiger partial charge in [0, 0.05) is 7.11 Å². The Morgan fingerprint density at radius 1 is 0.913 bits per heavy atom. The zero-order chi connectivity index (χ0) is 16.1. The number of benzene rings is 1. The van der Waals surface area contributed by atoms with E-state index in [1.165, 1.54) is 56.9 Å². The van der Waals surface area contributed by atoms with Gasteiger partial charge in [-0.2, -0.15) is 0 Å². The predicted octanol–water partition coefficient (Wildman–Crippen LogP) is 6.10. The molecule has 0 aliphatic heterocycles. The highest BCUT2D eigenvalue weighted by atomic mass is 16.5. The number of hydrogen-bond donors (Lipinski definition) is 0. The second-order valence-electron chi connectivity index (χ2n) is 7.70. The molecule has 0 N–H and O–H groups in total. The smallest absolute Gasteiger partial charge is 0.0713 e. The standard InChI is InChI=1S/C22H32O/c1-3-17-4-8-19(9-5-17)21-12-14-22(15-13-21)20-10-6-18(7-11-20)16-23-2/h3,6-7,10-11,17,19,21-22H,1,4-5,8-9,12-16H2,2H3/t17-,19-,21?,22?. The summed E-state index contributed by atoms with van der Waals surface area (Å²) in [6.07, 6.45) is 13.5. The maximum absolute atomic E-state index is 5.20. The Kier molecular flexibility index (Phi) is 5.94. The van der Waals surface area contributed by atoms with Gasteiger partial charge in [0.2, 0.25) is 0 Å². The van der Waals surface area contributed by atoms with Gasteiger partial charge in [-0.15, -0.1) is 6.58 Å². The minimum Gasteiger partial charge on any atom is -0.380 e. The monoisotopic (exact) mass is 312 g/mol. The Balaban J connectivity index is 1.49. The van der Waals surface area contributed by atoms with Gasteiger partial charge in [0.25, 0.3) is 0 Å². The van der Waals surface area contributed by atoms with Crippen LogP contribution in [-0.2, 0) is 11.3 Å². The first-order chi connectivity index (χ1) is 11.3. The Labute approximate surface area is 142 Å². The molecule has 0 spiro atoms. The molecule has 3 rings (SSSR count). The molecule has 126 valence electrons. The van der Waals surface area contributed by atoms with Crippen LogP contribution in [0.1, 0.15) is 68.4 Å². The molecule has 0 unspecified atom stereocenters. The van der Waals surface area contributed by atoms with Gasteiger partial charge >= 0.3 is 0 Å². The van der Waals surface area contributed by atoms with Gasteiger partial charge in [-0.3, -0.25) is 0 Å². The fourth-order valence-electron chi connectivity index (χ4n) is 4.83. The lowest BCUT2D eigenvalue weighted by Gasteiger charge is -2.37. The van der Waals surface area contributed by atoms with Crippen molar-refractivity contribution < 1.29 is 4.74 Å². The Hall–Kier alpha value is -1.08. The van der Waals surface area contributed by atoms with Gasteiger partial charge in [0.1, 0.15) is 0 Å². The molecule has 0 atom stereocenters. The third kappa shape index (κ3) is 4.26. The second kappa shape index (κ2) is 8.15. The third-order valence-corrected chi connectivity index (χ3v) is 6.35. The summed E-state index contributed by atoms with van der Waals surface area (Å²) in [4.78, 5) is 0. The van der Waals surface area contributed by atoms with E-state index in [9.17, 15) is 0 Å². The number of ether oxygens (including phenoxy) is 1. The molecule has 0 saturated heterocycles. The summed E-state index contributed by atoms with van der Waals surface area (Å²) in [6.45, 7) is 4.70. The third-order valence-electron chi connectivity index (χ3n) is 6.35. The summed E-state index contributed by atoms with van der Waals surface area (Å²) in [5.74, 6) is 3.57. The molecule has 23 heavy (non-hydrogen) atoms. The predicted molar refractivity (Wildman–Crippen MR) is 97.5 cm³/mol. The Bertz CT molecular complexity index is 473. The second-order valence-corrected chi connectivity index (χ2v) is 7.70. The molecule has 2 aliphatic carbocycles. The van der Waals surface area contributed by atoms with E-state index < -0.39 is 0 Å². The van der Waals surface area contributed by atoms with Crippen LogP contribution in [-0.4, -0.2) is 7.11 Å². The van der Waals surface area contributed by atoms with Crippen molar-refractivity contribution in [2.45, 2.75) is 63.9 Å². The van der Waals surface area contributed by atoms with Crippen molar-refractivity contribution in [3.8, 4) is 0 Å². The van der Waals surface area contributed by atoms with Crippen LogP contribution in [0.25, 0.3) is 0 Å². The van der Waals surface area contributed by atoms with E-state index in [2.05, 4.69) is 36.9 Å². The van der Waals surface area contributed by atoms with Crippen LogP contribution >= 0.6 is 0 Å². The topological polar surface area (TPSA) is 9.23 Å². The van der Waals surface area contributed by atoms with Gasteiger partial charge in [-0.25, -0.2) is 0 Å². The van der Waals surface area contributed by atoms with Crippen molar-refractivity contribution >= 4 is 0 Å². The van der Waals surface area contributed by atoms with Crippen molar-refractivity contribution in [2.24, 2.45) is 17.8 Å². The van der Waals surface area contributed by atoms with E-state index >= 15 is 0 Å². The summed E-state index contributed by atoms with van der Waals surface area (Å²) in [6, 6.07) is 9.13. The highest BCUT2D eigenvalue weighted by Gasteiger charge is 2.30. The van der Waals surface area contributed by atoms with Crippen LogP contribution in [0, 0.1) is 17.8 Å². The fraction of sp³-hybridized carbons (Fsp3) is 0.636. The number of rotatable bonds is 5. The van der Waals surface area contributed by atoms with E-state index in [4.69, 9.17) is 4.74 Å². The molecule has 1 heteroatoms. The first-order valence-electron chi connectivity index (χ1n) is 9.50. The zero-order valence-electron chi connectivity index (χ0n) is 14.7. The maximum atomic E-state index is 5.20. The minimum absolute atomic E-state index is 0.723. The number of methoxy groups -OCH3 is 1. The minimum atomic E-state index is 0.723. The molecule has 2 saturated carbocycles. The van der Waals surface area contributed by atoms with Crippen molar-refractivity contribution in [1.29, 1.82) is 0 Å². The molecule has 0 heterocycles.